The van der Waals surface area contributed by atoms with Crippen LogP contribution in [0.5, 0.6) is 0 Å². The molecule has 1 aliphatic carbocycles. The topological polar surface area (TPSA) is 46.9 Å². The summed E-state index contributed by atoms with van der Waals surface area (Å²) >= 11 is 12.2. The van der Waals surface area contributed by atoms with E-state index in [0.29, 0.717) is 33.5 Å². The highest BCUT2D eigenvalue weighted by Crippen LogP contribution is 2.39. The number of halogens is 2. The van der Waals surface area contributed by atoms with E-state index in [1.165, 1.54) is 0 Å². The molecule has 4 rings (SSSR count). The fraction of sp³-hybridized carbons (Fsp3) is 0.238. The second kappa shape index (κ2) is 6.70. The van der Waals surface area contributed by atoms with Crippen LogP contribution in [0.4, 0.5) is 11.5 Å². The van der Waals surface area contributed by atoms with Gasteiger partial charge in [-0.1, -0.05) is 55.2 Å². The highest BCUT2D eigenvalue weighted by Gasteiger charge is 2.36. The number of benzene rings is 2. The van der Waals surface area contributed by atoms with Gasteiger partial charge in [-0.25, -0.2) is 4.68 Å². The number of nitrogens with zero attached hydrogens (tertiary/aromatic N) is 2. The lowest BCUT2D eigenvalue weighted by molar-refractivity contribution is 0.0912. The number of nitrogens with one attached hydrogen (secondary N) is 1. The van der Waals surface area contributed by atoms with Crippen molar-refractivity contribution >= 4 is 40.5 Å². The molecule has 27 heavy (non-hydrogen) atoms. The summed E-state index contributed by atoms with van der Waals surface area (Å²) in [5, 5.41) is 9.02. The summed E-state index contributed by atoms with van der Waals surface area (Å²) in [6.45, 7) is 4.22. The Kier molecular flexibility index (Phi) is 4.49. The zero-order valence-electron chi connectivity index (χ0n) is 15.1. The quantitative estimate of drug-likeness (QED) is 0.580. The van der Waals surface area contributed by atoms with Gasteiger partial charge in [0.15, 0.2) is 11.6 Å². The van der Waals surface area contributed by atoms with Crippen molar-refractivity contribution in [3.05, 3.63) is 69.8 Å². The molecule has 0 unspecified atom stereocenters. The number of rotatable bonds is 3. The smallest absolute Gasteiger partial charge is 0.169 e. The summed E-state index contributed by atoms with van der Waals surface area (Å²) in [6, 6.07) is 15.0. The number of Topliss-reactive ketones (excluding diaryl/α,β-unsaturated/α-hetero) is 1. The van der Waals surface area contributed by atoms with Crippen LogP contribution in [0.3, 0.4) is 0 Å². The number of ketones is 1. The van der Waals surface area contributed by atoms with E-state index >= 15 is 0 Å². The lowest BCUT2D eigenvalue weighted by Crippen LogP contribution is -2.28. The lowest BCUT2D eigenvalue weighted by atomic mass is 9.76. The Balaban J connectivity index is 1.85. The van der Waals surface area contributed by atoms with Gasteiger partial charge < -0.3 is 5.32 Å². The second-order valence-electron chi connectivity index (χ2n) is 7.64. The second-order valence-corrected chi connectivity index (χ2v) is 8.51. The maximum absolute atomic E-state index is 12.9. The number of para-hydroxylation sites is 1. The summed E-state index contributed by atoms with van der Waals surface area (Å²) in [5.74, 6) is 0.631. The molecule has 3 aromatic rings. The van der Waals surface area contributed by atoms with E-state index in [1.54, 1.807) is 18.2 Å². The molecule has 0 saturated heterocycles. The fourth-order valence-electron chi connectivity index (χ4n) is 3.58. The van der Waals surface area contributed by atoms with Gasteiger partial charge in [0.2, 0.25) is 0 Å². The van der Waals surface area contributed by atoms with Gasteiger partial charge in [-0.15, -0.1) is 5.10 Å². The fourth-order valence-corrected chi connectivity index (χ4v) is 4.11. The first-order chi connectivity index (χ1) is 12.8. The number of carbonyl (C=O) groups excluding carboxylic acids is 1. The maximum atomic E-state index is 12.9. The zero-order valence-corrected chi connectivity index (χ0v) is 16.6. The summed E-state index contributed by atoms with van der Waals surface area (Å²) in [7, 11) is 0. The van der Waals surface area contributed by atoms with Crippen molar-refractivity contribution in [2.24, 2.45) is 5.41 Å². The normalized spacial score (nSPS) is 15.5. The third-order valence-corrected chi connectivity index (χ3v) is 5.11. The van der Waals surface area contributed by atoms with E-state index in [0.717, 1.165) is 17.8 Å². The number of hydrogen-bond donors (Lipinski definition) is 1. The predicted octanol–water partition coefficient (Wildman–Crippen LogP) is 6.08. The van der Waals surface area contributed by atoms with Gasteiger partial charge >= 0.3 is 0 Å². The van der Waals surface area contributed by atoms with Crippen molar-refractivity contribution in [1.82, 2.24) is 9.78 Å². The molecule has 4 nitrogen and oxygen atoms in total. The number of fused-ring (bicyclic) bond motifs is 1. The Morgan fingerprint density at radius 1 is 1.04 bits per heavy atom. The molecule has 0 radical (unpaired) electrons. The molecule has 0 bridgehead atoms. The summed E-state index contributed by atoms with van der Waals surface area (Å²) < 4.78 is 1.86. The third-order valence-electron chi connectivity index (χ3n) is 4.67. The van der Waals surface area contributed by atoms with Crippen molar-refractivity contribution in [1.29, 1.82) is 0 Å². The molecule has 2 aromatic carbocycles. The monoisotopic (exact) mass is 399 g/mol. The Bertz CT molecular complexity index is 1010. The van der Waals surface area contributed by atoms with Crippen molar-refractivity contribution in [2.75, 3.05) is 5.32 Å². The van der Waals surface area contributed by atoms with Crippen LogP contribution >= 0.6 is 23.2 Å². The molecule has 138 valence electrons. The minimum absolute atomic E-state index is 0.0963. The van der Waals surface area contributed by atoms with E-state index in [-0.39, 0.29) is 11.2 Å². The van der Waals surface area contributed by atoms with Crippen LogP contribution in [0.1, 0.15) is 36.3 Å². The first kappa shape index (κ1) is 18.1. The van der Waals surface area contributed by atoms with Crippen LogP contribution < -0.4 is 5.32 Å². The molecule has 0 fully saturated rings. The number of aromatic nitrogens is 2. The van der Waals surface area contributed by atoms with Crippen molar-refractivity contribution in [3.8, 4) is 5.69 Å². The Morgan fingerprint density at radius 2 is 1.70 bits per heavy atom. The highest BCUT2D eigenvalue weighted by molar-refractivity contribution is 6.35. The van der Waals surface area contributed by atoms with Crippen molar-refractivity contribution in [3.63, 3.8) is 0 Å². The van der Waals surface area contributed by atoms with E-state index in [2.05, 4.69) is 19.2 Å². The van der Waals surface area contributed by atoms with Gasteiger partial charge in [0.05, 0.1) is 16.9 Å². The Labute approximate surface area is 168 Å². The average molecular weight is 400 g/mol. The van der Waals surface area contributed by atoms with Crippen LogP contribution in [-0.4, -0.2) is 15.6 Å². The molecule has 0 amide bonds. The van der Waals surface area contributed by atoms with Gasteiger partial charge in [0.25, 0.3) is 0 Å². The molecule has 1 aliphatic rings. The molecule has 1 N–H and O–H groups in total. The van der Waals surface area contributed by atoms with E-state index in [1.807, 2.05) is 35.0 Å². The van der Waals surface area contributed by atoms with Crippen molar-refractivity contribution < 1.29 is 4.79 Å². The molecule has 0 atom stereocenters. The molecule has 0 spiro atoms. The molecule has 1 aromatic heterocycles. The van der Waals surface area contributed by atoms with Crippen LogP contribution in [-0.2, 0) is 6.42 Å². The summed E-state index contributed by atoms with van der Waals surface area (Å²) in [4.78, 5) is 12.9. The van der Waals surface area contributed by atoms with Gasteiger partial charge in [0, 0.05) is 22.2 Å². The van der Waals surface area contributed by atoms with Crippen LogP contribution in [0.15, 0.2) is 48.5 Å². The molecule has 0 aliphatic heterocycles. The first-order valence-electron chi connectivity index (χ1n) is 8.76. The van der Waals surface area contributed by atoms with Gasteiger partial charge in [-0.3, -0.25) is 4.79 Å². The SMILES string of the molecule is CC1(C)CC(=O)c2c(Nc3cc(Cl)cc(Cl)c3)nn(-c3ccccc3)c2C1. The van der Waals surface area contributed by atoms with Gasteiger partial charge in [0.1, 0.15) is 0 Å². The molecule has 1 heterocycles. The molecular weight excluding hydrogens is 381 g/mol. The maximum Gasteiger partial charge on any atom is 0.169 e. The van der Waals surface area contributed by atoms with E-state index < -0.39 is 0 Å². The predicted molar refractivity (Wildman–Crippen MR) is 110 cm³/mol. The Hall–Kier alpha value is -2.30. The molecule has 6 heteroatoms. The van der Waals surface area contributed by atoms with E-state index in [9.17, 15) is 4.79 Å². The average Bonchev–Trinajstić information content (AvgIpc) is 2.91. The van der Waals surface area contributed by atoms with Crippen molar-refractivity contribution in [2.45, 2.75) is 26.7 Å². The van der Waals surface area contributed by atoms with Crippen LogP contribution in [0.25, 0.3) is 5.69 Å². The standard InChI is InChI=1S/C21H19Cl2N3O/c1-21(2)11-17-19(18(27)12-21)20(24-15-9-13(22)8-14(23)10-15)25-26(17)16-6-4-3-5-7-16/h3-10H,11-12H2,1-2H3,(H,24,25). The lowest BCUT2D eigenvalue weighted by Gasteiger charge is -2.29. The Morgan fingerprint density at radius 3 is 2.37 bits per heavy atom. The minimum Gasteiger partial charge on any atom is -0.338 e. The number of anilines is 2. The number of hydrogen-bond acceptors (Lipinski definition) is 3. The van der Waals surface area contributed by atoms with E-state index in [4.69, 9.17) is 28.3 Å². The summed E-state index contributed by atoms with van der Waals surface area (Å²) in [5.41, 5.74) is 3.10. The van der Waals surface area contributed by atoms with Crippen LogP contribution in [0.2, 0.25) is 10.0 Å². The minimum atomic E-state index is -0.104. The number of carbonyl (C=O) groups is 1. The van der Waals surface area contributed by atoms with Gasteiger partial charge in [-0.05, 0) is 42.2 Å². The first-order valence-corrected chi connectivity index (χ1v) is 9.52. The van der Waals surface area contributed by atoms with Gasteiger partial charge in [-0.2, -0.15) is 0 Å². The highest BCUT2D eigenvalue weighted by atomic mass is 35.5. The molecule has 0 saturated carbocycles. The summed E-state index contributed by atoms with van der Waals surface area (Å²) in [6.07, 6.45) is 1.26. The largest absolute Gasteiger partial charge is 0.338 e. The molecular formula is C21H19Cl2N3O. The third kappa shape index (κ3) is 3.60. The zero-order chi connectivity index (χ0) is 19.2. The van der Waals surface area contributed by atoms with Crippen LogP contribution in [0, 0.1) is 5.41 Å².